The van der Waals surface area contributed by atoms with Crippen LogP contribution < -0.4 is 5.32 Å². The van der Waals surface area contributed by atoms with E-state index >= 15 is 0 Å². The van der Waals surface area contributed by atoms with Gasteiger partial charge in [-0.25, -0.2) is 0 Å². The van der Waals surface area contributed by atoms with Crippen molar-refractivity contribution in [3.63, 3.8) is 0 Å². The van der Waals surface area contributed by atoms with Crippen LogP contribution >= 0.6 is 0 Å². The van der Waals surface area contributed by atoms with E-state index < -0.39 is 0 Å². The zero-order chi connectivity index (χ0) is 14.5. The van der Waals surface area contributed by atoms with Gasteiger partial charge in [0, 0.05) is 18.4 Å². The highest BCUT2D eigenvalue weighted by Gasteiger charge is 2.04. The van der Waals surface area contributed by atoms with Crippen LogP contribution in [0.1, 0.15) is 30.9 Å². The summed E-state index contributed by atoms with van der Waals surface area (Å²) in [5.74, 6) is 0.649. The lowest BCUT2D eigenvalue weighted by Crippen LogP contribution is -2.19. The molecule has 1 N–H and O–H groups in total. The van der Waals surface area contributed by atoms with Gasteiger partial charge in [0.1, 0.15) is 0 Å². The van der Waals surface area contributed by atoms with E-state index in [1.54, 1.807) is 0 Å². The first-order valence-corrected chi connectivity index (χ1v) is 7.15. The standard InChI is InChI=1S/C14H24N6/c1-11(2)8-15-9-14-10-19(18-16-14)5-6-20-13(4)7-12(3)17-20/h7,10-11,15H,5-6,8-9H2,1-4H3. The topological polar surface area (TPSA) is 60.6 Å². The van der Waals surface area contributed by atoms with Crippen LogP contribution in [-0.2, 0) is 19.6 Å². The third-order valence-electron chi connectivity index (χ3n) is 3.09. The molecule has 20 heavy (non-hydrogen) atoms. The van der Waals surface area contributed by atoms with Crippen molar-refractivity contribution in [2.75, 3.05) is 6.54 Å². The Balaban J connectivity index is 1.82. The lowest BCUT2D eigenvalue weighted by atomic mass is 10.2. The number of nitrogens with zero attached hydrogens (tertiary/aromatic N) is 5. The Morgan fingerprint density at radius 1 is 1.25 bits per heavy atom. The van der Waals surface area contributed by atoms with Crippen LogP contribution in [0.4, 0.5) is 0 Å². The Labute approximate surface area is 120 Å². The number of nitrogens with one attached hydrogen (secondary N) is 1. The summed E-state index contributed by atoms with van der Waals surface area (Å²) in [5.41, 5.74) is 3.22. The maximum Gasteiger partial charge on any atom is 0.0964 e. The highest BCUT2D eigenvalue weighted by Crippen LogP contribution is 2.02. The van der Waals surface area contributed by atoms with Gasteiger partial charge in [-0.1, -0.05) is 19.1 Å². The molecule has 6 heteroatoms. The summed E-state index contributed by atoms with van der Waals surface area (Å²) in [6.07, 6.45) is 2.00. The number of aryl methyl sites for hydroxylation is 4. The molecule has 0 aliphatic rings. The molecule has 0 fully saturated rings. The summed E-state index contributed by atoms with van der Waals surface area (Å²) < 4.78 is 3.89. The Morgan fingerprint density at radius 3 is 2.70 bits per heavy atom. The predicted octanol–water partition coefficient (Wildman–Crippen LogP) is 1.54. The molecule has 2 rings (SSSR count). The van der Waals surface area contributed by atoms with Crippen LogP contribution in [0.5, 0.6) is 0 Å². The zero-order valence-corrected chi connectivity index (χ0v) is 12.8. The van der Waals surface area contributed by atoms with Crippen molar-refractivity contribution in [1.82, 2.24) is 30.1 Å². The van der Waals surface area contributed by atoms with E-state index in [1.807, 2.05) is 22.5 Å². The zero-order valence-electron chi connectivity index (χ0n) is 12.8. The molecule has 2 aromatic heterocycles. The van der Waals surface area contributed by atoms with Gasteiger partial charge in [0.15, 0.2) is 0 Å². The predicted molar refractivity (Wildman–Crippen MR) is 78.3 cm³/mol. The van der Waals surface area contributed by atoms with Gasteiger partial charge in [-0.05, 0) is 32.4 Å². The highest BCUT2D eigenvalue weighted by atomic mass is 15.4. The molecule has 0 saturated carbocycles. The lowest BCUT2D eigenvalue weighted by molar-refractivity contribution is 0.481. The van der Waals surface area contributed by atoms with Crippen LogP contribution in [0.2, 0.25) is 0 Å². The molecule has 2 aromatic rings. The van der Waals surface area contributed by atoms with Crippen molar-refractivity contribution in [2.24, 2.45) is 5.92 Å². The average molecular weight is 276 g/mol. The van der Waals surface area contributed by atoms with Crippen molar-refractivity contribution < 1.29 is 0 Å². The Kier molecular flexibility index (Phi) is 4.89. The third kappa shape index (κ3) is 4.16. The first-order valence-electron chi connectivity index (χ1n) is 7.15. The van der Waals surface area contributed by atoms with Gasteiger partial charge in [0.05, 0.1) is 24.5 Å². The van der Waals surface area contributed by atoms with Crippen LogP contribution in [0.25, 0.3) is 0 Å². The van der Waals surface area contributed by atoms with E-state index in [2.05, 4.69) is 47.6 Å². The molecule has 2 heterocycles. The summed E-state index contributed by atoms with van der Waals surface area (Å²) in [6.45, 7) is 11.9. The molecular formula is C14H24N6. The van der Waals surface area contributed by atoms with Crippen molar-refractivity contribution in [3.8, 4) is 0 Å². The van der Waals surface area contributed by atoms with Gasteiger partial charge in [-0.3, -0.25) is 9.36 Å². The summed E-state index contributed by atoms with van der Waals surface area (Å²) in [5, 5.41) is 16.1. The minimum atomic E-state index is 0.649. The second-order valence-electron chi connectivity index (χ2n) is 5.65. The summed E-state index contributed by atoms with van der Waals surface area (Å²) in [4.78, 5) is 0. The maximum absolute atomic E-state index is 4.44. The first kappa shape index (κ1) is 14.7. The number of hydrogen-bond donors (Lipinski definition) is 1. The molecule has 0 amide bonds. The molecule has 0 saturated heterocycles. The average Bonchev–Trinajstić information content (AvgIpc) is 2.93. The normalized spacial score (nSPS) is 11.4. The van der Waals surface area contributed by atoms with E-state index in [1.165, 1.54) is 5.69 Å². The van der Waals surface area contributed by atoms with Crippen LogP contribution in [0.3, 0.4) is 0 Å². The molecule has 0 aliphatic heterocycles. The second-order valence-corrected chi connectivity index (χ2v) is 5.65. The molecule has 0 bridgehead atoms. The molecule has 0 atom stereocenters. The SMILES string of the molecule is Cc1cc(C)n(CCn2cc(CNCC(C)C)nn2)n1. The van der Waals surface area contributed by atoms with Gasteiger partial charge in [0.2, 0.25) is 0 Å². The van der Waals surface area contributed by atoms with Crippen molar-refractivity contribution in [2.45, 2.75) is 47.3 Å². The van der Waals surface area contributed by atoms with Gasteiger partial charge >= 0.3 is 0 Å². The first-order chi connectivity index (χ1) is 9.54. The smallest absolute Gasteiger partial charge is 0.0964 e. The maximum atomic E-state index is 4.44. The lowest BCUT2D eigenvalue weighted by Gasteiger charge is -2.05. The minimum absolute atomic E-state index is 0.649. The van der Waals surface area contributed by atoms with E-state index in [0.29, 0.717) is 5.92 Å². The van der Waals surface area contributed by atoms with E-state index in [9.17, 15) is 0 Å². The number of aromatic nitrogens is 5. The van der Waals surface area contributed by atoms with Gasteiger partial charge in [-0.2, -0.15) is 5.10 Å². The van der Waals surface area contributed by atoms with E-state index in [4.69, 9.17) is 0 Å². The van der Waals surface area contributed by atoms with Crippen LogP contribution in [-0.4, -0.2) is 31.3 Å². The number of hydrogen-bond acceptors (Lipinski definition) is 4. The van der Waals surface area contributed by atoms with Gasteiger partial charge in [0.25, 0.3) is 0 Å². The molecule has 0 aromatic carbocycles. The Bertz CT molecular complexity index is 540. The molecule has 6 nitrogen and oxygen atoms in total. The molecule has 0 spiro atoms. The summed E-state index contributed by atoms with van der Waals surface area (Å²) in [6, 6.07) is 2.09. The highest BCUT2D eigenvalue weighted by molar-refractivity contribution is 5.06. The second kappa shape index (κ2) is 6.65. The minimum Gasteiger partial charge on any atom is -0.311 e. The fourth-order valence-corrected chi connectivity index (χ4v) is 2.12. The monoisotopic (exact) mass is 276 g/mol. The molecule has 0 aliphatic carbocycles. The number of rotatable bonds is 7. The Morgan fingerprint density at radius 2 is 2.05 bits per heavy atom. The molecule has 110 valence electrons. The fourth-order valence-electron chi connectivity index (χ4n) is 2.12. The molecule has 0 radical (unpaired) electrons. The van der Waals surface area contributed by atoms with Crippen LogP contribution in [0.15, 0.2) is 12.3 Å². The molecular weight excluding hydrogens is 252 g/mol. The third-order valence-corrected chi connectivity index (χ3v) is 3.09. The van der Waals surface area contributed by atoms with Crippen molar-refractivity contribution >= 4 is 0 Å². The van der Waals surface area contributed by atoms with Gasteiger partial charge < -0.3 is 5.32 Å². The van der Waals surface area contributed by atoms with E-state index in [0.717, 1.165) is 37.6 Å². The van der Waals surface area contributed by atoms with Crippen LogP contribution in [0, 0.1) is 19.8 Å². The largest absolute Gasteiger partial charge is 0.311 e. The molecule has 0 unspecified atom stereocenters. The van der Waals surface area contributed by atoms with Crippen molar-refractivity contribution in [1.29, 1.82) is 0 Å². The van der Waals surface area contributed by atoms with Crippen molar-refractivity contribution in [3.05, 3.63) is 29.3 Å². The summed E-state index contributed by atoms with van der Waals surface area (Å²) in [7, 11) is 0. The fraction of sp³-hybridized carbons (Fsp3) is 0.643. The quantitative estimate of drug-likeness (QED) is 0.833. The van der Waals surface area contributed by atoms with E-state index in [-0.39, 0.29) is 0 Å². The summed E-state index contributed by atoms with van der Waals surface area (Å²) >= 11 is 0. The van der Waals surface area contributed by atoms with Gasteiger partial charge in [-0.15, -0.1) is 5.10 Å². The Hall–Kier alpha value is -1.69.